The first-order valence-electron chi connectivity index (χ1n) is 2.13. The maximum Gasteiger partial charge on any atom is 0.0993 e. The first kappa shape index (κ1) is 5.51. The number of aromatic nitrogens is 2. The summed E-state index contributed by atoms with van der Waals surface area (Å²) in [6.07, 6.45) is 4.78. The largest absolute Gasteiger partial charge is 0.261 e. The van der Waals surface area contributed by atoms with Crippen molar-refractivity contribution in [3.63, 3.8) is 0 Å². The molecule has 8 heavy (non-hydrogen) atoms. The van der Waals surface area contributed by atoms with Crippen LogP contribution in [-0.4, -0.2) is 9.97 Å². The monoisotopic (exact) mass is 127 g/mol. The smallest absolute Gasteiger partial charge is 0.0993 e. The summed E-state index contributed by atoms with van der Waals surface area (Å²) < 4.78 is 0. The van der Waals surface area contributed by atoms with E-state index in [1.165, 1.54) is 5.88 Å². The van der Waals surface area contributed by atoms with E-state index in [-0.39, 0.29) is 0 Å². The van der Waals surface area contributed by atoms with Gasteiger partial charge in [-0.3, -0.25) is 9.97 Å². The second-order valence-electron chi connectivity index (χ2n) is 1.24. The molecule has 0 N–H and O–H groups in total. The van der Waals surface area contributed by atoms with E-state index < -0.39 is 0 Å². The number of hydrogen-bond donors (Lipinski definition) is 0. The zero-order valence-corrected chi connectivity index (χ0v) is 4.84. The molecular weight excluding hydrogens is 124 g/mol. The van der Waals surface area contributed by atoms with Crippen molar-refractivity contribution in [2.24, 2.45) is 0 Å². The molecule has 0 aliphatic rings. The van der Waals surface area contributed by atoms with Crippen LogP contribution in [0.4, 0.5) is 0 Å². The van der Waals surface area contributed by atoms with Crippen LogP contribution in [0.5, 0.6) is 0 Å². The van der Waals surface area contributed by atoms with Crippen LogP contribution in [0.15, 0.2) is 18.6 Å². The van der Waals surface area contributed by atoms with E-state index in [1.807, 2.05) is 0 Å². The minimum atomic E-state index is 0.689. The SMILES string of the molecule is Cl[CH]c1cnccn1. The Balaban J connectivity index is 2.83. The van der Waals surface area contributed by atoms with Crippen molar-refractivity contribution in [2.75, 3.05) is 0 Å². The quantitative estimate of drug-likeness (QED) is 0.567. The van der Waals surface area contributed by atoms with E-state index in [2.05, 4.69) is 9.97 Å². The van der Waals surface area contributed by atoms with Gasteiger partial charge in [0, 0.05) is 18.6 Å². The molecule has 0 amide bonds. The van der Waals surface area contributed by atoms with Gasteiger partial charge in [0.15, 0.2) is 0 Å². The lowest BCUT2D eigenvalue weighted by molar-refractivity contribution is 1.15. The lowest BCUT2D eigenvalue weighted by atomic mass is 10.5. The second-order valence-corrected chi connectivity index (χ2v) is 1.46. The average molecular weight is 128 g/mol. The summed E-state index contributed by atoms with van der Waals surface area (Å²) in [4.78, 5) is 7.62. The lowest BCUT2D eigenvalue weighted by Gasteiger charge is -1.86. The van der Waals surface area contributed by atoms with Gasteiger partial charge in [0.1, 0.15) is 0 Å². The van der Waals surface area contributed by atoms with Crippen molar-refractivity contribution in [1.82, 2.24) is 9.97 Å². The van der Waals surface area contributed by atoms with Crippen molar-refractivity contribution in [2.45, 2.75) is 0 Å². The fourth-order valence-corrected chi connectivity index (χ4v) is 0.480. The molecule has 0 fully saturated rings. The van der Waals surface area contributed by atoms with Crippen LogP contribution in [0.3, 0.4) is 0 Å². The highest BCUT2D eigenvalue weighted by molar-refractivity contribution is 6.24. The molecule has 1 rings (SSSR count). The third kappa shape index (κ3) is 1.17. The molecule has 0 saturated carbocycles. The van der Waals surface area contributed by atoms with Crippen LogP contribution in [0, 0.1) is 5.88 Å². The highest BCUT2D eigenvalue weighted by Gasteiger charge is 1.85. The van der Waals surface area contributed by atoms with E-state index >= 15 is 0 Å². The molecular formula is C5H4ClN2. The van der Waals surface area contributed by atoms with E-state index in [4.69, 9.17) is 11.6 Å². The van der Waals surface area contributed by atoms with Crippen LogP contribution in [-0.2, 0) is 0 Å². The Morgan fingerprint density at radius 1 is 1.50 bits per heavy atom. The van der Waals surface area contributed by atoms with Gasteiger partial charge in [-0.25, -0.2) is 0 Å². The van der Waals surface area contributed by atoms with Crippen molar-refractivity contribution in [3.05, 3.63) is 30.2 Å². The van der Waals surface area contributed by atoms with Gasteiger partial charge in [0.25, 0.3) is 0 Å². The molecule has 0 bridgehead atoms. The molecule has 0 aromatic carbocycles. The molecule has 1 aromatic heterocycles. The molecule has 0 unspecified atom stereocenters. The molecule has 0 spiro atoms. The highest BCUT2D eigenvalue weighted by Crippen LogP contribution is 1.96. The maximum atomic E-state index is 5.30. The van der Waals surface area contributed by atoms with Crippen LogP contribution in [0.1, 0.15) is 5.69 Å². The molecule has 0 aliphatic carbocycles. The zero-order chi connectivity index (χ0) is 5.82. The molecule has 0 atom stereocenters. The summed E-state index contributed by atoms with van der Waals surface area (Å²) in [5.41, 5.74) is 0.689. The van der Waals surface area contributed by atoms with Gasteiger partial charge in [0.05, 0.1) is 11.6 Å². The molecule has 1 radical (unpaired) electrons. The summed E-state index contributed by atoms with van der Waals surface area (Å²) in [7, 11) is 0. The van der Waals surface area contributed by atoms with Gasteiger partial charge >= 0.3 is 0 Å². The summed E-state index contributed by atoms with van der Waals surface area (Å²) in [6, 6.07) is 0. The van der Waals surface area contributed by atoms with Crippen LogP contribution >= 0.6 is 11.6 Å². The third-order valence-corrected chi connectivity index (χ3v) is 0.919. The Morgan fingerprint density at radius 3 is 2.75 bits per heavy atom. The van der Waals surface area contributed by atoms with Crippen molar-refractivity contribution in [3.8, 4) is 0 Å². The van der Waals surface area contributed by atoms with E-state index in [0.29, 0.717) is 5.69 Å². The lowest BCUT2D eigenvalue weighted by Crippen LogP contribution is -1.81. The van der Waals surface area contributed by atoms with Crippen LogP contribution in [0.25, 0.3) is 0 Å². The minimum absolute atomic E-state index is 0.689. The zero-order valence-electron chi connectivity index (χ0n) is 4.08. The van der Waals surface area contributed by atoms with E-state index in [1.54, 1.807) is 18.6 Å². The summed E-state index contributed by atoms with van der Waals surface area (Å²) in [6.45, 7) is 0. The fraction of sp³-hybridized carbons (Fsp3) is 0. The Hall–Kier alpha value is -0.630. The summed E-state index contributed by atoms with van der Waals surface area (Å²) in [5.74, 6) is 1.38. The fourth-order valence-electron chi connectivity index (χ4n) is 0.367. The normalized spacial score (nSPS) is 9.12. The first-order chi connectivity index (χ1) is 3.93. The van der Waals surface area contributed by atoms with Crippen LogP contribution < -0.4 is 0 Å². The van der Waals surface area contributed by atoms with E-state index in [9.17, 15) is 0 Å². The third-order valence-electron chi connectivity index (χ3n) is 0.695. The standard InChI is InChI=1S/C5H4ClN2/c6-3-5-4-7-1-2-8-5/h1-4H. The topological polar surface area (TPSA) is 25.8 Å². The molecule has 3 heteroatoms. The number of nitrogens with zero attached hydrogens (tertiary/aromatic N) is 2. The number of halogens is 1. The molecule has 2 nitrogen and oxygen atoms in total. The minimum Gasteiger partial charge on any atom is -0.261 e. The van der Waals surface area contributed by atoms with Crippen molar-refractivity contribution >= 4 is 11.6 Å². The first-order valence-corrected chi connectivity index (χ1v) is 2.56. The summed E-state index contributed by atoms with van der Waals surface area (Å²) in [5, 5.41) is 0. The van der Waals surface area contributed by atoms with Gasteiger partial charge in [-0.05, 0) is 0 Å². The van der Waals surface area contributed by atoms with Crippen LogP contribution in [0.2, 0.25) is 0 Å². The Kier molecular flexibility index (Phi) is 1.80. The Labute approximate surface area is 52.5 Å². The highest BCUT2D eigenvalue weighted by atomic mass is 35.5. The van der Waals surface area contributed by atoms with E-state index in [0.717, 1.165) is 0 Å². The van der Waals surface area contributed by atoms with Gasteiger partial charge in [0.2, 0.25) is 0 Å². The van der Waals surface area contributed by atoms with Crippen molar-refractivity contribution in [1.29, 1.82) is 0 Å². The molecule has 1 heterocycles. The molecule has 1 aromatic rings. The molecule has 0 saturated heterocycles. The van der Waals surface area contributed by atoms with Gasteiger partial charge in [-0.2, -0.15) is 0 Å². The second kappa shape index (κ2) is 2.62. The molecule has 41 valence electrons. The van der Waals surface area contributed by atoms with Crippen molar-refractivity contribution < 1.29 is 0 Å². The predicted octanol–water partition coefficient (Wildman–Crippen LogP) is 1.23. The Bertz CT molecular complexity index is 152. The van der Waals surface area contributed by atoms with Gasteiger partial charge < -0.3 is 0 Å². The maximum absolute atomic E-state index is 5.30. The number of rotatable bonds is 1. The predicted molar refractivity (Wildman–Crippen MR) is 31.3 cm³/mol. The average Bonchev–Trinajstić information content (AvgIpc) is 1.90. The molecule has 0 aliphatic heterocycles. The van der Waals surface area contributed by atoms with Gasteiger partial charge in [-0.15, -0.1) is 11.6 Å². The Morgan fingerprint density at radius 2 is 2.38 bits per heavy atom. The number of hydrogen-bond acceptors (Lipinski definition) is 2. The van der Waals surface area contributed by atoms with Gasteiger partial charge in [-0.1, -0.05) is 0 Å². The summed E-state index contributed by atoms with van der Waals surface area (Å²) >= 11 is 5.30.